The lowest BCUT2D eigenvalue weighted by atomic mass is 10.2. The van der Waals surface area contributed by atoms with Gasteiger partial charge in [-0.15, -0.1) is 0 Å². The predicted octanol–water partition coefficient (Wildman–Crippen LogP) is 0.819. The summed E-state index contributed by atoms with van der Waals surface area (Å²) in [6.07, 6.45) is 3.85. The van der Waals surface area contributed by atoms with E-state index >= 15 is 0 Å². The van der Waals surface area contributed by atoms with Crippen LogP contribution in [0.25, 0.3) is 0 Å². The smallest absolute Gasteiger partial charge is 0.0330 e. The van der Waals surface area contributed by atoms with Gasteiger partial charge in [0.25, 0.3) is 0 Å². The van der Waals surface area contributed by atoms with E-state index in [-0.39, 0.29) is 0 Å². The molecule has 1 aliphatic rings. The molecule has 0 aromatic rings. The summed E-state index contributed by atoms with van der Waals surface area (Å²) in [5.74, 6) is 0. The molecule has 1 fully saturated rings. The lowest BCUT2D eigenvalue weighted by Gasteiger charge is -2.25. The molecule has 10 heavy (non-hydrogen) atoms. The van der Waals surface area contributed by atoms with Crippen molar-refractivity contribution in [3.8, 4) is 0 Å². The SMILES string of the molecule is CCCN(C)C1(CN)CC1. The Morgan fingerprint density at radius 1 is 1.50 bits per heavy atom. The molecule has 2 nitrogen and oxygen atoms in total. The van der Waals surface area contributed by atoms with E-state index in [1.54, 1.807) is 0 Å². The molecular formula is C8H18N2. The molecule has 1 rings (SSSR count). The highest BCUT2D eigenvalue weighted by Gasteiger charge is 2.44. The molecule has 0 aromatic heterocycles. The third-order valence-corrected chi connectivity index (χ3v) is 2.58. The Morgan fingerprint density at radius 3 is 2.40 bits per heavy atom. The zero-order valence-corrected chi connectivity index (χ0v) is 7.06. The zero-order chi connectivity index (χ0) is 7.61. The molecule has 0 unspecified atom stereocenters. The van der Waals surface area contributed by atoms with E-state index in [4.69, 9.17) is 5.73 Å². The Kier molecular flexibility index (Phi) is 2.32. The summed E-state index contributed by atoms with van der Waals surface area (Å²) in [6, 6.07) is 0. The van der Waals surface area contributed by atoms with Gasteiger partial charge in [0.1, 0.15) is 0 Å². The molecule has 0 atom stereocenters. The molecule has 60 valence electrons. The van der Waals surface area contributed by atoms with Gasteiger partial charge >= 0.3 is 0 Å². The van der Waals surface area contributed by atoms with Crippen LogP contribution in [0.5, 0.6) is 0 Å². The van der Waals surface area contributed by atoms with Crippen molar-refractivity contribution in [1.82, 2.24) is 4.90 Å². The molecule has 0 spiro atoms. The minimum absolute atomic E-state index is 0.413. The largest absolute Gasteiger partial charge is 0.329 e. The highest BCUT2D eigenvalue weighted by Crippen LogP contribution is 2.39. The third kappa shape index (κ3) is 1.32. The number of nitrogens with two attached hydrogens (primary N) is 1. The first-order valence-electron chi connectivity index (χ1n) is 4.16. The maximum Gasteiger partial charge on any atom is 0.0330 e. The van der Waals surface area contributed by atoms with Gasteiger partial charge in [-0.2, -0.15) is 0 Å². The highest BCUT2D eigenvalue weighted by atomic mass is 15.2. The van der Waals surface area contributed by atoms with Crippen LogP contribution in [0.1, 0.15) is 26.2 Å². The van der Waals surface area contributed by atoms with Crippen molar-refractivity contribution in [2.75, 3.05) is 20.1 Å². The molecule has 0 saturated heterocycles. The topological polar surface area (TPSA) is 29.3 Å². The molecule has 0 heterocycles. The Hall–Kier alpha value is -0.0800. The summed E-state index contributed by atoms with van der Waals surface area (Å²) in [6.45, 7) is 4.24. The quantitative estimate of drug-likeness (QED) is 0.629. The number of hydrogen-bond donors (Lipinski definition) is 1. The number of rotatable bonds is 4. The lowest BCUT2D eigenvalue weighted by Crippen LogP contribution is -2.40. The van der Waals surface area contributed by atoms with Crippen molar-refractivity contribution in [3.63, 3.8) is 0 Å². The molecule has 1 aliphatic carbocycles. The maximum atomic E-state index is 5.66. The first kappa shape index (κ1) is 8.02. The van der Waals surface area contributed by atoms with E-state index < -0.39 is 0 Å². The van der Waals surface area contributed by atoms with Gasteiger partial charge in [0.15, 0.2) is 0 Å². The lowest BCUT2D eigenvalue weighted by molar-refractivity contribution is 0.227. The standard InChI is InChI=1S/C8H18N2/c1-3-6-10(2)8(7-9)4-5-8/h3-7,9H2,1-2H3. The van der Waals surface area contributed by atoms with Crippen molar-refractivity contribution >= 4 is 0 Å². The van der Waals surface area contributed by atoms with E-state index in [0.29, 0.717) is 5.54 Å². The third-order valence-electron chi connectivity index (χ3n) is 2.58. The summed E-state index contributed by atoms with van der Waals surface area (Å²) in [4.78, 5) is 2.41. The molecule has 0 bridgehead atoms. The van der Waals surface area contributed by atoms with E-state index in [0.717, 1.165) is 6.54 Å². The van der Waals surface area contributed by atoms with Gasteiger partial charge in [0.2, 0.25) is 0 Å². The van der Waals surface area contributed by atoms with Gasteiger partial charge in [-0.1, -0.05) is 6.92 Å². The van der Waals surface area contributed by atoms with E-state index in [2.05, 4.69) is 18.9 Å². The van der Waals surface area contributed by atoms with Crippen LogP contribution in [-0.2, 0) is 0 Å². The van der Waals surface area contributed by atoms with Crippen molar-refractivity contribution < 1.29 is 0 Å². The minimum Gasteiger partial charge on any atom is -0.329 e. The second-order valence-corrected chi connectivity index (χ2v) is 3.35. The molecule has 1 saturated carbocycles. The fourth-order valence-electron chi connectivity index (χ4n) is 1.46. The van der Waals surface area contributed by atoms with Crippen molar-refractivity contribution in [1.29, 1.82) is 0 Å². The van der Waals surface area contributed by atoms with Crippen LogP contribution >= 0.6 is 0 Å². The first-order valence-corrected chi connectivity index (χ1v) is 4.16. The summed E-state index contributed by atoms with van der Waals surface area (Å²) >= 11 is 0. The van der Waals surface area contributed by atoms with Gasteiger partial charge in [0, 0.05) is 12.1 Å². The van der Waals surface area contributed by atoms with E-state index in [9.17, 15) is 0 Å². The Bertz CT molecular complexity index is 108. The highest BCUT2D eigenvalue weighted by molar-refractivity contribution is 5.03. The minimum atomic E-state index is 0.413. The second-order valence-electron chi connectivity index (χ2n) is 3.35. The maximum absolute atomic E-state index is 5.66. The van der Waals surface area contributed by atoms with Crippen LogP contribution in [0.2, 0.25) is 0 Å². The Labute approximate surface area is 63.4 Å². The molecule has 0 aromatic carbocycles. The van der Waals surface area contributed by atoms with Crippen molar-refractivity contribution in [2.24, 2.45) is 5.73 Å². The number of likely N-dealkylation sites (N-methyl/N-ethyl adjacent to an activating group) is 1. The van der Waals surface area contributed by atoms with Crippen LogP contribution in [0.3, 0.4) is 0 Å². The molecule has 0 radical (unpaired) electrons. The zero-order valence-electron chi connectivity index (χ0n) is 7.06. The van der Waals surface area contributed by atoms with Gasteiger partial charge in [-0.3, -0.25) is 4.90 Å². The van der Waals surface area contributed by atoms with Crippen LogP contribution in [0.15, 0.2) is 0 Å². The monoisotopic (exact) mass is 142 g/mol. The molecule has 2 N–H and O–H groups in total. The van der Waals surface area contributed by atoms with Gasteiger partial charge in [0.05, 0.1) is 0 Å². The normalized spacial score (nSPS) is 21.6. The van der Waals surface area contributed by atoms with E-state index in [1.807, 2.05) is 0 Å². The average molecular weight is 142 g/mol. The van der Waals surface area contributed by atoms with Crippen LogP contribution in [0, 0.1) is 0 Å². The van der Waals surface area contributed by atoms with E-state index in [1.165, 1.54) is 25.8 Å². The summed E-state index contributed by atoms with van der Waals surface area (Å²) in [5.41, 5.74) is 6.07. The van der Waals surface area contributed by atoms with Gasteiger partial charge < -0.3 is 5.73 Å². The van der Waals surface area contributed by atoms with Crippen LogP contribution in [-0.4, -0.2) is 30.6 Å². The Balaban J connectivity index is 2.32. The molecule has 0 aliphatic heterocycles. The fraction of sp³-hybridized carbons (Fsp3) is 1.00. The van der Waals surface area contributed by atoms with Crippen LogP contribution in [0.4, 0.5) is 0 Å². The van der Waals surface area contributed by atoms with Gasteiger partial charge in [-0.05, 0) is 32.9 Å². The predicted molar refractivity (Wildman–Crippen MR) is 43.9 cm³/mol. The Morgan fingerprint density at radius 2 is 2.10 bits per heavy atom. The number of nitrogens with zero attached hydrogens (tertiary/aromatic N) is 1. The molecule has 2 heteroatoms. The molecule has 0 amide bonds. The summed E-state index contributed by atoms with van der Waals surface area (Å²) < 4.78 is 0. The van der Waals surface area contributed by atoms with Crippen molar-refractivity contribution in [3.05, 3.63) is 0 Å². The summed E-state index contributed by atoms with van der Waals surface area (Å²) in [5, 5.41) is 0. The van der Waals surface area contributed by atoms with Crippen molar-refractivity contribution in [2.45, 2.75) is 31.7 Å². The first-order chi connectivity index (χ1) is 4.75. The fourth-order valence-corrected chi connectivity index (χ4v) is 1.46. The summed E-state index contributed by atoms with van der Waals surface area (Å²) in [7, 11) is 2.18. The average Bonchev–Trinajstić information content (AvgIpc) is 2.68. The number of hydrogen-bond acceptors (Lipinski definition) is 2. The van der Waals surface area contributed by atoms with Gasteiger partial charge in [-0.25, -0.2) is 0 Å². The molecular weight excluding hydrogens is 124 g/mol. The van der Waals surface area contributed by atoms with Crippen LogP contribution < -0.4 is 5.73 Å². The second kappa shape index (κ2) is 2.89.